The Bertz CT molecular complexity index is 783. The first-order valence-electron chi connectivity index (χ1n) is 10.2. The molecule has 0 aliphatic heterocycles. The minimum Gasteiger partial charge on any atom is -0.349 e. The maximum Gasteiger partial charge on any atom is 0.233 e. The fourth-order valence-electron chi connectivity index (χ4n) is 3.72. The van der Waals surface area contributed by atoms with Crippen molar-refractivity contribution in [3.8, 4) is 0 Å². The highest BCUT2D eigenvalue weighted by molar-refractivity contribution is 8.00. The average molecular weight is 399 g/mol. The van der Waals surface area contributed by atoms with Crippen molar-refractivity contribution >= 4 is 17.7 Å². The third-order valence-corrected chi connectivity index (χ3v) is 6.42. The minimum atomic E-state index is -0.252. The number of benzene rings is 1. The van der Waals surface area contributed by atoms with Gasteiger partial charge in [-0.1, -0.05) is 67.4 Å². The number of nitrogens with one attached hydrogen (secondary N) is 1. The van der Waals surface area contributed by atoms with E-state index in [2.05, 4.69) is 26.7 Å². The third kappa shape index (κ3) is 5.04. The van der Waals surface area contributed by atoms with Crippen molar-refractivity contribution in [1.29, 1.82) is 0 Å². The fourth-order valence-corrected chi connectivity index (χ4v) is 4.59. The van der Waals surface area contributed by atoms with Crippen LogP contribution in [0.4, 0.5) is 0 Å². The summed E-state index contributed by atoms with van der Waals surface area (Å²) in [5, 5.41) is 12.6. The van der Waals surface area contributed by atoms with Crippen LogP contribution in [0.15, 0.2) is 48.1 Å². The fraction of sp³-hybridized carbons (Fsp3) is 0.500. The predicted octanol–water partition coefficient (Wildman–Crippen LogP) is 4.87. The molecule has 28 heavy (non-hydrogen) atoms. The smallest absolute Gasteiger partial charge is 0.233 e. The Labute approximate surface area is 172 Å². The van der Waals surface area contributed by atoms with Gasteiger partial charge in [-0.25, -0.2) is 0 Å². The quantitative estimate of drug-likeness (QED) is 0.509. The summed E-state index contributed by atoms with van der Waals surface area (Å²) in [5.74, 6) is 1.53. The lowest BCUT2D eigenvalue weighted by atomic mass is 9.89. The molecule has 2 atom stereocenters. The highest BCUT2D eigenvalue weighted by Gasteiger charge is 2.25. The molecule has 0 saturated heterocycles. The number of allylic oxidation sites excluding steroid dienone is 1. The van der Waals surface area contributed by atoms with Crippen LogP contribution in [0, 0.1) is 0 Å². The predicted molar refractivity (Wildman–Crippen MR) is 114 cm³/mol. The molecule has 1 aromatic heterocycles. The Balaban J connectivity index is 1.67. The number of hydrogen-bond acceptors (Lipinski definition) is 4. The maximum atomic E-state index is 12.7. The first kappa shape index (κ1) is 20.6. The number of aromatic nitrogens is 3. The molecule has 1 aromatic carbocycles. The van der Waals surface area contributed by atoms with Crippen molar-refractivity contribution in [1.82, 2.24) is 20.1 Å². The molecule has 3 rings (SSSR count). The Kier molecular flexibility index (Phi) is 7.31. The molecule has 1 aliphatic rings. The number of nitrogens with zero attached hydrogens (tertiary/aromatic N) is 3. The molecule has 1 amide bonds. The average Bonchev–Trinajstić information content (AvgIpc) is 3.11. The monoisotopic (exact) mass is 398 g/mol. The van der Waals surface area contributed by atoms with Gasteiger partial charge in [0.1, 0.15) is 5.82 Å². The summed E-state index contributed by atoms with van der Waals surface area (Å²) in [4.78, 5) is 12.7. The summed E-state index contributed by atoms with van der Waals surface area (Å²) in [6, 6.07) is 9.98. The zero-order valence-corrected chi connectivity index (χ0v) is 17.6. The Morgan fingerprint density at radius 3 is 2.64 bits per heavy atom. The van der Waals surface area contributed by atoms with Crippen LogP contribution in [0.3, 0.4) is 0 Å². The van der Waals surface area contributed by atoms with Gasteiger partial charge >= 0.3 is 0 Å². The number of carbonyl (C=O) groups excluding carboxylic acids is 1. The molecular weight excluding hydrogens is 368 g/mol. The van der Waals surface area contributed by atoms with Crippen LogP contribution in [0.1, 0.15) is 69.3 Å². The molecule has 150 valence electrons. The number of rotatable bonds is 8. The molecule has 2 aromatic rings. The number of amides is 1. The summed E-state index contributed by atoms with van der Waals surface area (Å²) in [6.07, 6.45) is 8.04. The standard InChI is InChI=1S/C22H30N4OS/c1-4-15-26-20(19-13-9-6-10-14-19)24-25-22(26)28-17(3)21(27)23-16(2)18-11-7-5-8-12-18/h4-5,7-8,11-12,16-17,19H,1,6,9-10,13-15H2,2-3H3,(H,23,27). The second kappa shape index (κ2) is 9.92. The van der Waals surface area contributed by atoms with Gasteiger partial charge in [-0.15, -0.1) is 16.8 Å². The van der Waals surface area contributed by atoms with E-state index >= 15 is 0 Å². The molecule has 1 N–H and O–H groups in total. The van der Waals surface area contributed by atoms with E-state index < -0.39 is 0 Å². The van der Waals surface area contributed by atoms with E-state index in [-0.39, 0.29) is 17.2 Å². The summed E-state index contributed by atoms with van der Waals surface area (Å²) in [7, 11) is 0. The van der Waals surface area contributed by atoms with E-state index in [0.717, 1.165) is 16.5 Å². The zero-order chi connectivity index (χ0) is 19.9. The van der Waals surface area contributed by atoms with Crippen molar-refractivity contribution in [3.63, 3.8) is 0 Å². The molecule has 1 aliphatic carbocycles. The molecule has 1 saturated carbocycles. The van der Waals surface area contributed by atoms with Crippen molar-refractivity contribution in [2.75, 3.05) is 0 Å². The van der Waals surface area contributed by atoms with Gasteiger partial charge in [-0.05, 0) is 32.3 Å². The van der Waals surface area contributed by atoms with Gasteiger partial charge in [0, 0.05) is 12.5 Å². The van der Waals surface area contributed by atoms with Crippen LogP contribution in [-0.4, -0.2) is 25.9 Å². The van der Waals surface area contributed by atoms with E-state index in [1.54, 1.807) is 0 Å². The lowest BCUT2D eigenvalue weighted by Gasteiger charge is -2.22. The molecule has 2 unspecified atom stereocenters. The second-order valence-corrected chi connectivity index (χ2v) is 8.78. The van der Waals surface area contributed by atoms with E-state index in [1.807, 2.05) is 50.3 Å². The van der Waals surface area contributed by atoms with Gasteiger partial charge in [0.15, 0.2) is 5.16 Å². The summed E-state index contributed by atoms with van der Waals surface area (Å²) >= 11 is 1.47. The van der Waals surface area contributed by atoms with E-state index in [0.29, 0.717) is 12.5 Å². The summed E-state index contributed by atoms with van der Waals surface area (Å²) in [6.45, 7) is 8.49. The van der Waals surface area contributed by atoms with Crippen LogP contribution in [0.25, 0.3) is 0 Å². The van der Waals surface area contributed by atoms with Gasteiger partial charge < -0.3 is 9.88 Å². The Morgan fingerprint density at radius 1 is 1.25 bits per heavy atom. The maximum absolute atomic E-state index is 12.7. The normalized spacial score (nSPS) is 17.1. The van der Waals surface area contributed by atoms with E-state index in [1.165, 1.54) is 43.9 Å². The van der Waals surface area contributed by atoms with Crippen molar-refractivity contribution in [2.45, 2.75) is 74.9 Å². The number of hydrogen-bond donors (Lipinski definition) is 1. The van der Waals surface area contributed by atoms with Crippen LogP contribution < -0.4 is 5.32 Å². The SMILES string of the molecule is C=CCn1c(SC(C)C(=O)NC(C)c2ccccc2)nnc1C1CCCCC1. The topological polar surface area (TPSA) is 59.8 Å². The van der Waals surface area contributed by atoms with Crippen LogP contribution in [-0.2, 0) is 11.3 Å². The second-order valence-electron chi connectivity index (χ2n) is 7.48. The first-order chi connectivity index (χ1) is 13.6. The van der Waals surface area contributed by atoms with E-state index in [9.17, 15) is 4.79 Å². The highest BCUT2D eigenvalue weighted by atomic mass is 32.2. The van der Waals surface area contributed by atoms with Gasteiger partial charge in [-0.3, -0.25) is 4.79 Å². The van der Waals surface area contributed by atoms with Crippen molar-refractivity contribution in [3.05, 3.63) is 54.4 Å². The van der Waals surface area contributed by atoms with Gasteiger partial charge in [0.05, 0.1) is 11.3 Å². The van der Waals surface area contributed by atoms with Crippen LogP contribution in [0.5, 0.6) is 0 Å². The molecule has 1 heterocycles. The first-order valence-corrected chi connectivity index (χ1v) is 11.0. The van der Waals surface area contributed by atoms with Gasteiger partial charge in [0.2, 0.25) is 5.91 Å². The third-order valence-electron chi connectivity index (χ3n) is 5.34. The lowest BCUT2D eigenvalue weighted by molar-refractivity contribution is -0.120. The highest BCUT2D eigenvalue weighted by Crippen LogP contribution is 2.34. The molecule has 6 heteroatoms. The summed E-state index contributed by atoms with van der Waals surface area (Å²) < 4.78 is 2.14. The van der Waals surface area contributed by atoms with Gasteiger partial charge in [0.25, 0.3) is 0 Å². The molecule has 1 fully saturated rings. The summed E-state index contributed by atoms with van der Waals surface area (Å²) in [5.41, 5.74) is 1.10. The minimum absolute atomic E-state index is 0.00808. The molecular formula is C22H30N4OS. The van der Waals surface area contributed by atoms with E-state index in [4.69, 9.17) is 0 Å². The largest absolute Gasteiger partial charge is 0.349 e. The van der Waals surface area contributed by atoms with Gasteiger partial charge in [-0.2, -0.15) is 0 Å². The molecule has 0 spiro atoms. The lowest BCUT2D eigenvalue weighted by Crippen LogP contribution is -2.33. The van der Waals surface area contributed by atoms with Crippen LogP contribution in [0.2, 0.25) is 0 Å². The van der Waals surface area contributed by atoms with Crippen molar-refractivity contribution < 1.29 is 4.79 Å². The Morgan fingerprint density at radius 2 is 1.96 bits per heavy atom. The number of carbonyl (C=O) groups is 1. The van der Waals surface area contributed by atoms with Crippen molar-refractivity contribution in [2.24, 2.45) is 0 Å². The number of thioether (sulfide) groups is 1. The van der Waals surface area contributed by atoms with Crippen LogP contribution >= 0.6 is 11.8 Å². The molecule has 0 bridgehead atoms. The zero-order valence-electron chi connectivity index (χ0n) is 16.8. The molecule has 5 nitrogen and oxygen atoms in total. The Hall–Kier alpha value is -2.08. The molecule has 0 radical (unpaired) electrons.